The summed E-state index contributed by atoms with van der Waals surface area (Å²) in [5.74, 6) is 0. The minimum atomic E-state index is 0.000840. The average Bonchev–Trinajstić information content (AvgIpc) is 3.00. The first-order valence-electron chi connectivity index (χ1n) is 13.2. The van der Waals surface area contributed by atoms with Crippen LogP contribution in [0.25, 0.3) is 70.8 Å². The molecule has 8 rings (SSSR count). The zero-order valence-corrected chi connectivity index (χ0v) is 21.1. The molecule has 0 spiro atoms. The van der Waals surface area contributed by atoms with Gasteiger partial charge in [-0.3, -0.25) is 9.36 Å². The van der Waals surface area contributed by atoms with E-state index >= 15 is 0 Å². The van der Waals surface area contributed by atoms with Gasteiger partial charge in [-0.05, 0) is 91.3 Å². The van der Waals surface area contributed by atoms with Crippen LogP contribution in [0.2, 0.25) is 0 Å². The molecule has 0 amide bonds. The van der Waals surface area contributed by atoms with Gasteiger partial charge in [0.05, 0.1) is 5.52 Å². The van der Waals surface area contributed by atoms with Crippen LogP contribution in [0.4, 0.5) is 0 Å². The highest BCUT2D eigenvalue weighted by Crippen LogP contribution is 2.37. The Hall–Kier alpha value is -5.21. The molecular weight excluding hydrogens is 474 g/mol. The van der Waals surface area contributed by atoms with Crippen LogP contribution in [0.3, 0.4) is 0 Å². The number of rotatable bonds is 2. The summed E-state index contributed by atoms with van der Waals surface area (Å²) < 4.78 is 1.84. The molecule has 0 aliphatic rings. The summed E-state index contributed by atoms with van der Waals surface area (Å²) in [7, 11) is 0. The maximum absolute atomic E-state index is 13.7. The highest BCUT2D eigenvalue weighted by atomic mass is 16.1. The van der Waals surface area contributed by atoms with E-state index in [-0.39, 0.29) is 5.56 Å². The van der Waals surface area contributed by atoms with E-state index in [0.717, 1.165) is 32.9 Å². The predicted molar refractivity (Wildman–Crippen MR) is 165 cm³/mol. The lowest BCUT2D eigenvalue weighted by molar-refractivity contribution is 1.06. The molecule has 1 aromatic heterocycles. The molecule has 0 aliphatic carbocycles. The Morgan fingerprint density at radius 2 is 1.10 bits per heavy atom. The van der Waals surface area contributed by atoms with E-state index < -0.39 is 0 Å². The van der Waals surface area contributed by atoms with E-state index in [1.807, 2.05) is 53.1 Å². The zero-order chi connectivity index (χ0) is 25.9. The minimum absolute atomic E-state index is 0.000840. The Kier molecular flexibility index (Phi) is 4.71. The Morgan fingerprint density at radius 1 is 0.410 bits per heavy atom. The van der Waals surface area contributed by atoms with Crippen LogP contribution in [0.5, 0.6) is 0 Å². The molecule has 39 heavy (non-hydrogen) atoms. The maximum atomic E-state index is 13.7. The van der Waals surface area contributed by atoms with Gasteiger partial charge in [0.25, 0.3) is 5.56 Å². The summed E-state index contributed by atoms with van der Waals surface area (Å²) in [6.07, 6.45) is 0. The van der Waals surface area contributed by atoms with Gasteiger partial charge in [0.2, 0.25) is 0 Å². The molecule has 1 heterocycles. The summed E-state index contributed by atoms with van der Waals surface area (Å²) >= 11 is 0. The van der Waals surface area contributed by atoms with Crippen molar-refractivity contribution in [2.24, 2.45) is 0 Å². The number of hydrogen-bond donors (Lipinski definition) is 0. The Bertz CT molecular complexity index is 2290. The van der Waals surface area contributed by atoms with Crippen molar-refractivity contribution in [3.05, 3.63) is 150 Å². The van der Waals surface area contributed by atoms with Gasteiger partial charge >= 0.3 is 0 Å². The van der Waals surface area contributed by atoms with Crippen LogP contribution in [0.1, 0.15) is 0 Å². The second kappa shape index (κ2) is 8.41. The van der Waals surface area contributed by atoms with E-state index in [4.69, 9.17) is 0 Å². The van der Waals surface area contributed by atoms with Crippen molar-refractivity contribution in [1.82, 2.24) is 4.57 Å². The summed E-state index contributed by atoms with van der Waals surface area (Å²) in [5.41, 5.74) is 4.10. The molecule has 0 radical (unpaired) electrons. The number of para-hydroxylation sites is 1. The van der Waals surface area contributed by atoms with Gasteiger partial charge in [0.1, 0.15) is 0 Å². The number of nitrogens with zero attached hydrogens (tertiary/aromatic N) is 1. The lowest BCUT2D eigenvalue weighted by Crippen LogP contribution is -2.19. The quantitative estimate of drug-likeness (QED) is 0.172. The van der Waals surface area contributed by atoms with Crippen molar-refractivity contribution >= 4 is 54.0 Å². The van der Waals surface area contributed by atoms with Gasteiger partial charge in [-0.15, -0.1) is 0 Å². The van der Waals surface area contributed by atoms with E-state index in [0.29, 0.717) is 0 Å². The third-order valence-corrected chi connectivity index (χ3v) is 7.96. The van der Waals surface area contributed by atoms with Crippen molar-refractivity contribution in [2.75, 3.05) is 0 Å². The Morgan fingerprint density at radius 3 is 1.95 bits per heavy atom. The Balaban J connectivity index is 1.43. The molecule has 8 aromatic rings. The number of hydrogen-bond acceptors (Lipinski definition) is 1. The smallest absolute Gasteiger partial charge is 0.263 e. The summed E-state index contributed by atoms with van der Waals surface area (Å²) in [6, 6.07) is 48.5. The fourth-order valence-corrected chi connectivity index (χ4v) is 6.12. The molecule has 0 atom stereocenters. The van der Waals surface area contributed by atoms with Crippen molar-refractivity contribution in [3.63, 3.8) is 0 Å². The van der Waals surface area contributed by atoms with Gasteiger partial charge in [-0.25, -0.2) is 0 Å². The van der Waals surface area contributed by atoms with Gasteiger partial charge in [-0.2, -0.15) is 0 Å². The highest BCUT2D eigenvalue weighted by Gasteiger charge is 2.14. The van der Waals surface area contributed by atoms with Crippen molar-refractivity contribution < 1.29 is 0 Å². The number of fused-ring (bicyclic) bond motifs is 7. The van der Waals surface area contributed by atoms with E-state index in [1.165, 1.54) is 37.9 Å². The fourth-order valence-electron chi connectivity index (χ4n) is 6.12. The monoisotopic (exact) mass is 497 g/mol. The molecule has 182 valence electrons. The molecule has 0 N–H and O–H groups in total. The first-order chi connectivity index (χ1) is 19.3. The number of pyridine rings is 1. The first-order valence-corrected chi connectivity index (χ1v) is 13.2. The van der Waals surface area contributed by atoms with E-state index in [9.17, 15) is 4.79 Å². The summed E-state index contributed by atoms with van der Waals surface area (Å²) in [5, 5.41) is 10.2. The maximum Gasteiger partial charge on any atom is 0.263 e. The van der Waals surface area contributed by atoms with Gasteiger partial charge in [-0.1, -0.05) is 97.1 Å². The highest BCUT2D eigenvalue weighted by molar-refractivity contribution is 6.16. The molecule has 0 fully saturated rings. The molecule has 0 saturated heterocycles. The number of benzene rings is 7. The molecule has 2 nitrogen and oxygen atoms in total. The standard InChI is InChI=1S/C37H23NO/c39-37-33-14-7-6-13-31(33)35-23-27(18-20-36(35)38(37)28-11-2-1-3-12-28)29-15-8-16-30-32(29)19-17-26-21-24-9-4-5-10-25(24)22-34(26)30/h1-23H. The van der Waals surface area contributed by atoms with Crippen LogP contribution in [-0.4, -0.2) is 4.57 Å². The largest absolute Gasteiger partial charge is 0.276 e. The normalized spacial score (nSPS) is 11.7. The van der Waals surface area contributed by atoms with Gasteiger partial charge in [0, 0.05) is 16.5 Å². The lowest BCUT2D eigenvalue weighted by Gasteiger charge is -2.15. The first kappa shape index (κ1) is 21.8. The lowest BCUT2D eigenvalue weighted by atomic mass is 9.92. The zero-order valence-electron chi connectivity index (χ0n) is 21.1. The molecule has 0 unspecified atom stereocenters. The van der Waals surface area contributed by atoms with Gasteiger partial charge < -0.3 is 0 Å². The topological polar surface area (TPSA) is 22.0 Å². The molecule has 0 bridgehead atoms. The Labute approximate surface area is 225 Å². The molecule has 0 aliphatic heterocycles. The van der Waals surface area contributed by atoms with E-state index in [2.05, 4.69) is 91.0 Å². The van der Waals surface area contributed by atoms with Crippen LogP contribution in [0, 0.1) is 0 Å². The van der Waals surface area contributed by atoms with Crippen molar-refractivity contribution in [1.29, 1.82) is 0 Å². The number of aromatic nitrogens is 1. The molecular formula is C37H23NO. The second-order valence-electron chi connectivity index (χ2n) is 10.1. The average molecular weight is 498 g/mol. The van der Waals surface area contributed by atoms with Crippen LogP contribution >= 0.6 is 0 Å². The minimum Gasteiger partial charge on any atom is -0.276 e. The second-order valence-corrected chi connectivity index (χ2v) is 10.1. The predicted octanol–water partition coefficient (Wildman–Crippen LogP) is 9.27. The third kappa shape index (κ3) is 3.32. The molecule has 7 aromatic carbocycles. The SMILES string of the molecule is O=c1c2ccccc2c2cc(-c3cccc4c3ccc3cc5ccccc5cc34)ccc2n1-c1ccccc1. The van der Waals surface area contributed by atoms with Crippen molar-refractivity contribution in [2.45, 2.75) is 0 Å². The van der Waals surface area contributed by atoms with Crippen LogP contribution in [0.15, 0.2) is 144 Å². The van der Waals surface area contributed by atoms with Crippen molar-refractivity contribution in [3.8, 4) is 16.8 Å². The van der Waals surface area contributed by atoms with Crippen LogP contribution in [-0.2, 0) is 0 Å². The fraction of sp³-hybridized carbons (Fsp3) is 0. The molecule has 0 saturated carbocycles. The third-order valence-electron chi connectivity index (χ3n) is 7.96. The van der Waals surface area contributed by atoms with Gasteiger partial charge in [0.15, 0.2) is 0 Å². The van der Waals surface area contributed by atoms with E-state index in [1.54, 1.807) is 0 Å². The molecule has 2 heteroatoms. The summed E-state index contributed by atoms with van der Waals surface area (Å²) in [4.78, 5) is 13.7. The summed E-state index contributed by atoms with van der Waals surface area (Å²) in [6.45, 7) is 0. The van der Waals surface area contributed by atoms with Crippen LogP contribution < -0.4 is 5.56 Å².